The van der Waals surface area contributed by atoms with Crippen LogP contribution < -0.4 is 11.1 Å². The number of rotatable bonds is 5. The maximum atomic E-state index is 11.2. The molecule has 5 heteroatoms. The molecule has 0 saturated carbocycles. The lowest BCUT2D eigenvalue weighted by molar-refractivity contribution is 0.0698. The summed E-state index contributed by atoms with van der Waals surface area (Å²) in [5.41, 5.74) is 9.46. The SMILES string of the molecule is COCc1ccccc1Nc1cc(C)c(N)c(C(=O)O)c1. The second-order valence-corrected chi connectivity index (χ2v) is 4.77. The number of hydrogen-bond donors (Lipinski definition) is 3. The molecule has 2 aromatic carbocycles. The number of aromatic carboxylic acids is 1. The van der Waals surface area contributed by atoms with Gasteiger partial charge in [0.1, 0.15) is 0 Å². The number of anilines is 3. The number of nitrogen functional groups attached to an aromatic ring is 1. The van der Waals surface area contributed by atoms with Crippen molar-refractivity contribution in [3.8, 4) is 0 Å². The fourth-order valence-electron chi connectivity index (χ4n) is 2.13. The van der Waals surface area contributed by atoms with E-state index in [1.807, 2.05) is 30.3 Å². The summed E-state index contributed by atoms with van der Waals surface area (Å²) in [5, 5.41) is 12.4. The molecule has 0 radical (unpaired) electrons. The quantitative estimate of drug-likeness (QED) is 0.735. The Morgan fingerprint density at radius 1 is 1.33 bits per heavy atom. The number of methoxy groups -OCH3 is 1. The van der Waals surface area contributed by atoms with Gasteiger partial charge in [0.25, 0.3) is 0 Å². The molecule has 5 nitrogen and oxygen atoms in total. The Hall–Kier alpha value is -2.53. The van der Waals surface area contributed by atoms with Crippen molar-refractivity contribution < 1.29 is 14.6 Å². The summed E-state index contributed by atoms with van der Waals surface area (Å²) in [4.78, 5) is 11.2. The van der Waals surface area contributed by atoms with Gasteiger partial charge < -0.3 is 20.9 Å². The first-order valence-electron chi connectivity index (χ1n) is 6.50. The molecule has 21 heavy (non-hydrogen) atoms. The van der Waals surface area contributed by atoms with E-state index in [1.165, 1.54) is 6.07 Å². The van der Waals surface area contributed by atoms with Crippen LogP contribution in [0.25, 0.3) is 0 Å². The van der Waals surface area contributed by atoms with Crippen molar-refractivity contribution in [1.29, 1.82) is 0 Å². The van der Waals surface area contributed by atoms with Crippen molar-refractivity contribution in [3.63, 3.8) is 0 Å². The van der Waals surface area contributed by atoms with Gasteiger partial charge in [-0.15, -0.1) is 0 Å². The van der Waals surface area contributed by atoms with Crippen LogP contribution in [0.5, 0.6) is 0 Å². The Morgan fingerprint density at radius 2 is 2.05 bits per heavy atom. The lowest BCUT2D eigenvalue weighted by atomic mass is 10.1. The summed E-state index contributed by atoms with van der Waals surface area (Å²) in [7, 11) is 1.63. The average molecular weight is 286 g/mol. The van der Waals surface area contributed by atoms with Crippen LogP contribution in [0.15, 0.2) is 36.4 Å². The third-order valence-corrected chi connectivity index (χ3v) is 3.21. The molecular weight excluding hydrogens is 268 g/mol. The average Bonchev–Trinajstić information content (AvgIpc) is 2.44. The molecule has 0 amide bonds. The van der Waals surface area contributed by atoms with E-state index in [0.29, 0.717) is 18.0 Å². The van der Waals surface area contributed by atoms with Crippen LogP contribution in [0.2, 0.25) is 0 Å². The Morgan fingerprint density at radius 3 is 2.71 bits per heavy atom. The number of para-hydroxylation sites is 1. The summed E-state index contributed by atoms with van der Waals surface area (Å²) in [5.74, 6) is -1.04. The second-order valence-electron chi connectivity index (χ2n) is 4.77. The van der Waals surface area contributed by atoms with E-state index in [-0.39, 0.29) is 5.56 Å². The highest BCUT2D eigenvalue weighted by Crippen LogP contribution is 2.27. The van der Waals surface area contributed by atoms with E-state index in [4.69, 9.17) is 10.5 Å². The molecule has 0 aromatic heterocycles. The zero-order chi connectivity index (χ0) is 15.4. The summed E-state index contributed by atoms with van der Waals surface area (Å²) in [6.45, 7) is 2.26. The number of hydrogen-bond acceptors (Lipinski definition) is 4. The highest BCUT2D eigenvalue weighted by atomic mass is 16.5. The topological polar surface area (TPSA) is 84.6 Å². The van der Waals surface area contributed by atoms with Crippen molar-refractivity contribution in [2.24, 2.45) is 0 Å². The van der Waals surface area contributed by atoms with Gasteiger partial charge in [-0.3, -0.25) is 0 Å². The first kappa shape index (κ1) is 14.9. The van der Waals surface area contributed by atoms with Gasteiger partial charge in [0.05, 0.1) is 12.2 Å². The van der Waals surface area contributed by atoms with Crippen LogP contribution in [-0.2, 0) is 11.3 Å². The number of nitrogens with two attached hydrogens (primary N) is 1. The molecule has 0 aliphatic carbocycles. The fraction of sp³-hybridized carbons (Fsp3) is 0.188. The molecule has 0 atom stereocenters. The predicted octanol–water partition coefficient (Wildman–Crippen LogP) is 3.17. The van der Waals surface area contributed by atoms with Crippen molar-refractivity contribution in [2.75, 3.05) is 18.2 Å². The zero-order valence-corrected chi connectivity index (χ0v) is 12.0. The number of carboxylic acids is 1. The molecular formula is C16H18N2O3. The van der Waals surface area contributed by atoms with Crippen LogP contribution in [0.1, 0.15) is 21.5 Å². The van der Waals surface area contributed by atoms with E-state index in [2.05, 4.69) is 5.32 Å². The molecule has 0 unspecified atom stereocenters. The van der Waals surface area contributed by atoms with E-state index in [1.54, 1.807) is 14.0 Å². The molecule has 110 valence electrons. The zero-order valence-electron chi connectivity index (χ0n) is 12.0. The number of nitrogens with one attached hydrogen (secondary N) is 1. The summed E-state index contributed by atoms with van der Waals surface area (Å²) in [6, 6.07) is 11.1. The van der Waals surface area contributed by atoms with Gasteiger partial charge in [-0.1, -0.05) is 18.2 Å². The van der Waals surface area contributed by atoms with Gasteiger partial charge >= 0.3 is 5.97 Å². The highest BCUT2D eigenvalue weighted by Gasteiger charge is 2.12. The molecule has 0 spiro atoms. The number of carbonyl (C=O) groups is 1. The van der Waals surface area contributed by atoms with E-state index in [9.17, 15) is 9.90 Å². The predicted molar refractivity (Wildman–Crippen MR) is 83.0 cm³/mol. The Balaban J connectivity index is 2.38. The fourth-order valence-corrected chi connectivity index (χ4v) is 2.13. The number of benzene rings is 2. The summed E-state index contributed by atoms with van der Waals surface area (Å²) < 4.78 is 5.16. The van der Waals surface area contributed by atoms with E-state index in [0.717, 1.165) is 16.8 Å². The van der Waals surface area contributed by atoms with Gasteiger partial charge in [0, 0.05) is 29.7 Å². The molecule has 0 aliphatic rings. The lowest BCUT2D eigenvalue weighted by Gasteiger charge is -2.14. The van der Waals surface area contributed by atoms with Crippen molar-refractivity contribution in [2.45, 2.75) is 13.5 Å². The maximum absolute atomic E-state index is 11.2. The maximum Gasteiger partial charge on any atom is 0.337 e. The minimum atomic E-state index is -1.04. The van der Waals surface area contributed by atoms with Gasteiger partial charge in [-0.2, -0.15) is 0 Å². The molecule has 0 bridgehead atoms. The molecule has 0 fully saturated rings. The van der Waals surface area contributed by atoms with Crippen LogP contribution in [0, 0.1) is 6.92 Å². The van der Waals surface area contributed by atoms with Crippen molar-refractivity contribution in [3.05, 3.63) is 53.1 Å². The van der Waals surface area contributed by atoms with Gasteiger partial charge in [0.15, 0.2) is 0 Å². The van der Waals surface area contributed by atoms with E-state index >= 15 is 0 Å². The first-order chi connectivity index (χ1) is 10.0. The molecule has 0 aliphatic heterocycles. The van der Waals surface area contributed by atoms with Gasteiger partial charge in [-0.25, -0.2) is 4.79 Å². The number of ether oxygens (including phenoxy) is 1. The number of carboxylic acid groups (broad SMARTS) is 1. The normalized spacial score (nSPS) is 10.4. The van der Waals surface area contributed by atoms with Crippen LogP contribution in [0.3, 0.4) is 0 Å². The Bertz CT molecular complexity index is 669. The van der Waals surface area contributed by atoms with Crippen molar-refractivity contribution >= 4 is 23.0 Å². The monoisotopic (exact) mass is 286 g/mol. The minimum Gasteiger partial charge on any atom is -0.478 e. The molecule has 0 saturated heterocycles. The van der Waals surface area contributed by atoms with Crippen LogP contribution in [-0.4, -0.2) is 18.2 Å². The van der Waals surface area contributed by atoms with Crippen LogP contribution in [0.4, 0.5) is 17.1 Å². The second kappa shape index (κ2) is 6.28. The van der Waals surface area contributed by atoms with Crippen LogP contribution >= 0.6 is 0 Å². The molecule has 0 heterocycles. The van der Waals surface area contributed by atoms with Crippen molar-refractivity contribution in [1.82, 2.24) is 0 Å². The summed E-state index contributed by atoms with van der Waals surface area (Å²) in [6.07, 6.45) is 0. The van der Waals surface area contributed by atoms with E-state index < -0.39 is 5.97 Å². The largest absolute Gasteiger partial charge is 0.478 e. The smallest absolute Gasteiger partial charge is 0.337 e. The third kappa shape index (κ3) is 3.32. The Labute approximate surface area is 123 Å². The minimum absolute atomic E-state index is 0.0988. The summed E-state index contributed by atoms with van der Waals surface area (Å²) >= 11 is 0. The molecule has 2 rings (SSSR count). The molecule has 4 N–H and O–H groups in total. The third-order valence-electron chi connectivity index (χ3n) is 3.21. The number of aryl methyl sites for hydroxylation is 1. The first-order valence-corrected chi connectivity index (χ1v) is 6.50. The standard InChI is InChI=1S/C16H18N2O3/c1-10-7-12(8-13(15(10)17)16(19)20)18-14-6-4-3-5-11(14)9-21-2/h3-8,18H,9,17H2,1-2H3,(H,19,20). The Kier molecular flexibility index (Phi) is 4.45. The molecule has 2 aromatic rings. The van der Waals surface area contributed by atoms with Gasteiger partial charge in [-0.05, 0) is 30.7 Å². The highest BCUT2D eigenvalue weighted by molar-refractivity contribution is 5.96. The van der Waals surface area contributed by atoms with Gasteiger partial charge in [0.2, 0.25) is 0 Å². The lowest BCUT2D eigenvalue weighted by Crippen LogP contribution is -2.06.